The maximum absolute atomic E-state index is 5.01. The van der Waals surface area contributed by atoms with Crippen LogP contribution in [0.5, 0.6) is 0 Å². The van der Waals surface area contributed by atoms with Gasteiger partial charge in [0, 0.05) is 13.0 Å². The van der Waals surface area contributed by atoms with Gasteiger partial charge in [-0.1, -0.05) is 13.3 Å². The van der Waals surface area contributed by atoms with E-state index in [0.29, 0.717) is 0 Å². The lowest BCUT2D eigenvalue weighted by Crippen LogP contribution is -2.15. The lowest BCUT2D eigenvalue weighted by Gasteiger charge is -2.10. The number of unbranched alkanes of at least 4 members (excludes halogenated alkanes) is 1. The number of nitrogens with one attached hydrogen (secondary N) is 1. The molecule has 0 atom stereocenters. The van der Waals surface area contributed by atoms with Crippen LogP contribution in [0, 0.1) is 0 Å². The van der Waals surface area contributed by atoms with E-state index >= 15 is 0 Å². The third-order valence-corrected chi connectivity index (χ3v) is 1.61. The number of hydrogen-bond acceptors (Lipinski definition) is 2. The highest BCUT2D eigenvalue weighted by Gasteiger charge is 1.96. The van der Waals surface area contributed by atoms with E-state index in [4.69, 9.17) is 4.74 Å². The van der Waals surface area contributed by atoms with E-state index in [2.05, 4.69) is 12.2 Å². The normalized spacial score (nSPS) is 15.5. The van der Waals surface area contributed by atoms with E-state index in [9.17, 15) is 0 Å². The second-order valence-electron chi connectivity index (χ2n) is 2.64. The van der Waals surface area contributed by atoms with Crippen LogP contribution in [0.2, 0.25) is 0 Å². The Bertz CT molecular complexity index is 161. The molecule has 0 unspecified atom stereocenters. The van der Waals surface area contributed by atoms with Crippen molar-refractivity contribution in [1.29, 1.82) is 0 Å². The predicted octanol–water partition coefficient (Wildman–Crippen LogP) is 2.15. The third-order valence-electron chi connectivity index (χ3n) is 1.61. The topological polar surface area (TPSA) is 21.3 Å². The van der Waals surface area contributed by atoms with E-state index in [1.54, 1.807) is 12.5 Å². The van der Waals surface area contributed by atoms with Crippen LogP contribution in [0.4, 0.5) is 0 Å². The monoisotopic (exact) mass is 153 g/mol. The van der Waals surface area contributed by atoms with Crippen molar-refractivity contribution in [2.75, 3.05) is 6.54 Å². The Labute approximate surface area is 67.9 Å². The van der Waals surface area contributed by atoms with Crippen LogP contribution in [0.1, 0.15) is 26.2 Å². The van der Waals surface area contributed by atoms with Gasteiger partial charge in [-0.05, 0) is 12.5 Å². The van der Waals surface area contributed by atoms with Crippen molar-refractivity contribution in [1.82, 2.24) is 5.32 Å². The molecule has 1 aliphatic rings. The highest BCUT2D eigenvalue weighted by molar-refractivity contribution is 5.05. The molecule has 2 nitrogen and oxygen atoms in total. The minimum atomic E-state index is 0.976. The molecule has 0 aromatic carbocycles. The van der Waals surface area contributed by atoms with Crippen molar-refractivity contribution >= 4 is 0 Å². The van der Waals surface area contributed by atoms with Crippen LogP contribution in [0.25, 0.3) is 0 Å². The summed E-state index contributed by atoms with van der Waals surface area (Å²) in [6.45, 7) is 3.24. The second-order valence-corrected chi connectivity index (χ2v) is 2.64. The summed E-state index contributed by atoms with van der Waals surface area (Å²) in [7, 11) is 0. The molecule has 0 aromatic rings. The summed E-state index contributed by atoms with van der Waals surface area (Å²) < 4.78 is 5.01. The van der Waals surface area contributed by atoms with Crippen molar-refractivity contribution < 1.29 is 4.74 Å². The summed E-state index contributed by atoms with van der Waals surface area (Å²) in [5.74, 6) is 0. The molecule has 0 spiro atoms. The summed E-state index contributed by atoms with van der Waals surface area (Å²) >= 11 is 0. The van der Waals surface area contributed by atoms with Gasteiger partial charge in [0.15, 0.2) is 0 Å². The van der Waals surface area contributed by atoms with Gasteiger partial charge in [0.2, 0.25) is 0 Å². The van der Waals surface area contributed by atoms with Gasteiger partial charge < -0.3 is 10.1 Å². The molecule has 1 N–H and O–H groups in total. The van der Waals surface area contributed by atoms with Crippen LogP contribution in [0.3, 0.4) is 0 Å². The van der Waals surface area contributed by atoms with Crippen molar-refractivity contribution in [3.8, 4) is 0 Å². The molecule has 1 heterocycles. The Morgan fingerprint density at radius 1 is 1.64 bits per heavy atom. The highest BCUT2D eigenvalue weighted by Crippen LogP contribution is 2.04. The molecule has 1 rings (SSSR count). The van der Waals surface area contributed by atoms with E-state index in [0.717, 1.165) is 13.0 Å². The zero-order valence-electron chi connectivity index (χ0n) is 6.97. The van der Waals surface area contributed by atoms with Crippen LogP contribution in [-0.2, 0) is 4.74 Å². The first-order valence-corrected chi connectivity index (χ1v) is 4.17. The fourth-order valence-electron chi connectivity index (χ4n) is 0.940. The SMILES string of the molecule is CCCCNC1=COC=CC1. The van der Waals surface area contributed by atoms with Crippen molar-refractivity contribution in [3.63, 3.8) is 0 Å². The van der Waals surface area contributed by atoms with Crippen LogP contribution in [-0.4, -0.2) is 6.54 Å². The van der Waals surface area contributed by atoms with Crippen LogP contribution in [0.15, 0.2) is 24.3 Å². The maximum atomic E-state index is 5.01. The average Bonchev–Trinajstić information content (AvgIpc) is 2.07. The lowest BCUT2D eigenvalue weighted by molar-refractivity contribution is 0.381. The molecular formula is C9H15NO. The molecule has 0 bridgehead atoms. The summed E-state index contributed by atoms with van der Waals surface area (Å²) in [5.41, 5.74) is 1.18. The molecule has 11 heavy (non-hydrogen) atoms. The third kappa shape index (κ3) is 3.12. The molecule has 1 aliphatic heterocycles. The molecular weight excluding hydrogens is 138 g/mol. The van der Waals surface area contributed by atoms with Gasteiger partial charge >= 0.3 is 0 Å². The fourth-order valence-corrected chi connectivity index (χ4v) is 0.940. The Balaban J connectivity index is 2.11. The van der Waals surface area contributed by atoms with Gasteiger partial charge in [0.25, 0.3) is 0 Å². The number of hydrogen-bond donors (Lipinski definition) is 1. The smallest absolute Gasteiger partial charge is 0.109 e. The number of ether oxygens (including phenoxy) is 1. The number of rotatable bonds is 4. The summed E-state index contributed by atoms with van der Waals surface area (Å²) in [5, 5.41) is 3.31. The van der Waals surface area contributed by atoms with Gasteiger partial charge in [0.1, 0.15) is 6.26 Å². The Morgan fingerprint density at radius 3 is 3.18 bits per heavy atom. The first kappa shape index (κ1) is 8.18. The molecule has 0 fully saturated rings. The van der Waals surface area contributed by atoms with E-state index < -0.39 is 0 Å². The highest BCUT2D eigenvalue weighted by atomic mass is 16.5. The maximum Gasteiger partial charge on any atom is 0.109 e. The largest absolute Gasteiger partial charge is 0.471 e. The average molecular weight is 153 g/mol. The summed E-state index contributed by atoms with van der Waals surface area (Å²) in [6, 6.07) is 0. The Hall–Kier alpha value is -0.920. The minimum absolute atomic E-state index is 0.976. The molecule has 0 amide bonds. The zero-order chi connectivity index (χ0) is 7.94. The molecule has 0 radical (unpaired) electrons. The van der Waals surface area contributed by atoms with E-state index in [-0.39, 0.29) is 0 Å². The molecule has 0 saturated carbocycles. The van der Waals surface area contributed by atoms with Gasteiger partial charge in [-0.15, -0.1) is 0 Å². The first-order chi connectivity index (χ1) is 5.43. The number of allylic oxidation sites excluding steroid dienone is 1. The molecule has 0 aromatic heterocycles. The predicted molar refractivity (Wildman–Crippen MR) is 45.8 cm³/mol. The van der Waals surface area contributed by atoms with Crippen molar-refractivity contribution in [2.45, 2.75) is 26.2 Å². The van der Waals surface area contributed by atoms with E-state index in [1.807, 2.05) is 6.08 Å². The van der Waals surface area contributed by atoms with Crippen molar-refractivity contribution in [2.24, 2.45) is 0 Å². The molecule has 62 valence electrons. The lowest BCUT2D eigenvalue weighted by atomic mass is 10.3. The fraction of sp³-hybridized carbons (Fsp3) is 0.556. The van der Waals surface area contributed by atoms with Gasteiger partial charge in [-0.25, -0.2) is 0 Å². The van der Waals surface area contributed by atoms with Crippen molar-refractivity contribution in [3.05, 3.63) is 24.3 Å². The Morgan fingerprint density at radius 2 is 2.55 bits per heavy atom. The quantitative estimate of drug-likeness (QED) is 0.625. The molecule has 0 saturated heterocycles. The first-order valence-electron chi connectivity index (χ1n) is 4.17. The van der Waals surface area contributed by atoms with Crippen LogP contribution >= 0.6 is 0 Å². The standard InChI is InChI=1S/C9H15NO/c1-2-3-6-10-9-5-4-7-11-8-9/h4,7-8,10H,2-3,5-6H2,1H3. The molecule has 0 aliphatic carbocycles. The summed E-state index contributed by atoms with van der Waals surface area (Å²) in [6.07, 6.45) is 8.93. The van der Waals surface area contributed by atoms with Gasteiger partial charge in [-0.2, -0.15) is 0 Å². The van der Waals surface area contributed by atoms with E-state index in [1.165, 1.54) is 18.5 Å². The van der Waals surface area contributed by atoms with Gasteiger partial charge in [0.05, 0.1) is 12.0 Å². The van der Waals surface area contributed by atoms with Gasteiger partial charge in [-0.3, -0.25) is 0 Å². The minimum Gasteiger partial charge on any atom is -0.471 e. The zero-order valence-corrected chi connectivity index (χ0v) is 6.97. The Kier molecular flexibility index (Phi) is 3.59. The molecule has 2 heteroatoms. The summed E-state index contributed by atoms with van der Waals surface area (Å²) in [4.78, 5) is 0. The second kappa shape index (κ2) is 4.83. The van der Waals surface area contributed by atoms with Crippen LogP contribution < -0.4 is 5.32 Å².